The second-order valence-corrected chi connectivity index (χ2v) is 10.5. The fraction of sp³-hybridized carbons (Fsp3) is 0.138. The molecule has 204 valence electrons. The molecule has 6 rings (SSSR count). The Morgan fingerprint density at radius 1 is 1.00 bits per heavy atom. The third kappa shape index (κ3) is 5.48. The highest BCUT2D eigenvalue weighted by Gasteiger charge is 2.17. The quantitative estimate of drug-likeness (QED) is 0.147. The predicted molar refractivity (Wildman–Crippen MR) is 158 cm³/mol. The molecule has 0 aliphatic carbocycles. The predicted octanol–water partition coefficient (Wildman–Crippen LogP) is 6.12. The molecule has 0 spiro atoms. The highest BCUT2D eigenvalue weighted by Crippen LogP contribution is 2.37. The zero-order valence-corrected chi connectivity index (χ0v) is 23.7. The van der Waals surface area contributed by atoms with E-state index in [1.165, 1.54) is 4.42 Å². The van der Waals surface area contributed by atoms with E-state index in [0.29, 0.717) is 47.2 Å². The van der Waals surface area contributed by atoms with Gasteiger partial charge in [0.15, 0.2) is 22.5 Å². The summed E-state index contributed by atoms with van der Waals surface area (Å²) in [4.78, 5) is 10.2. The van der Waals surface area contributed by atoms with Crippen molar-refractivity contribution < 1.29 is 9.47 Å². The molecule has 0 fully saturated rings. The van der Waals surface area contributed by atoms with Gasteiger partial charge in [0.1, 0.15) is 12.7 Å². The summed E-state index contributed by atoms with van der Waals surface area (Å²) in [6.45, 7) is 0.946. The Bertz CT molecular complexity index is 1880. The van der Waals surface area contributed by atoms with Crippen molar-refractivity contribution in [2.24, 2.45) is 7.05 Å². The minimum absolute atomic E-state index is 0.350. The Labute approximate surface area is 244 Å². The monoisotopic (exact) mass is 582 g/mol. The van der Waals surface area contributed by atoms with Gasteiger partial charge in [-0.3, -0.25) is 0 Å². The number of nitriles is 1. The first-order valence-corrected chi connectivity index (χ1v) is 13.7. The van der Waals surface area contributed by atoms with E-state index in [-0.39, 0.29) is 0 Å². The lowest BCUT2D eigenvalue weighted by atomic mass is 10.0. The molecule has 0 aliphatic rings. The molecule has 0 amide bonds. The molecule has 0 unspecified atom stereocenters. The maximum Gasteiger partial charge on any atom is 0.172 e. The summed E-state index contributed by atoms with van der Waals surface area (Å²) in [6, 6.07) is 19.5. The standard InChI is InChI=1S/C29H23ClN8O2S/c1-36-9-7-32-29(36)41-24-5-3-23(4-6-24)38(30)28-22(18-31)14-21-13-19-16-26(39-2)27(17-20(19)15-25(21)34-28)40-12-11-37-10-8-33-35-37/h3-10,13-17H,11-12H2,1-2H3. The Morgan fingerprint density at radius 3 is 2.51 bits per heavy atom. The van der Waals surface area contributed by atoms with Crippen LogP contribution in [0.25, 0.3) is 21.7 Å². The number of nitrogens with zero attached hydrogens (tertiary/aromatic N) is 8. The molecule has 3 aromatic carbocycles. The van der Waals surface area contributed by atoms with Gasteiger partial charge in [-0.25, -0.2) is 19.1 Å². The molecule has 12 heteroatoms. The summed E-state index contributed by atoms with van der Waals surface area (Å²) in [7, 11) is 3.56. The first-order valence-electron chi connectivity index (χ1n) is 12.6. The first-order chi connectivity index (χ1) is 20.0. The van der Waals surface area contributed by atoms with Crippen molar-refractivity contribution >= 4 is 56.7 Å². The van der Waals surface area contributed by atoms with E-state index in [1.807, 2.05) is 66.3 Å². The minimum atomic E-state index is 0.350. The van der Waals surface area contributed by atoms with E-state index in [2.05, 4.69) is 21.4 Å². The van der Waals surface area contributed by atoms with Crippen LogP contribution in [0.5, 0.6) is 11.5 Å². The van der Waals surface area contributed by atoms with Gasteiger partial charge >= 0.3 is 0 Å². The molecule has 0 bridgehead atoms. The van der Waals surface area contributed by atoms with Crippen LogP contribution in [0.3, 0.4) is 0 Å². The van der Waals surface area contributed by atoms with Crippen molar-refractivity contribution in [3.05, 3.63) is 84.9 Å². The number of pyridine rings is 1. The molecular weight excluding hydrogens is 560 g/mol. The Kier molecular flexibility index (Phi) is 7.33. The van der Waals surface area contributed by atoms with Gasteiger partial charge in [-0.15, -0.1) is 5.10 Å². The first kappa shape index (κ1) is 26.4. The molecule has 3 aromatic heterocycles. The summed E-state index contributed by atoms with van der Waals surface area (Å²) < 4.78 is 16.7. The summed E-state index contributed by atoms with van der Waals surface area (Å²) >= 11 is 8.32. The normalized spacial score (nSPS) is 11.1. The lowest BCUT2D eigenvalue weighted by Gasteiger charge is -2.18. The number of anilines is 2. The van der Waals surface area contributed by atoms with Gasteiger partial charge in [-0.1, -0.05) is 17.0 Å². The van der Waals surface area contributed by atoms with Crippen LogP contribution in [0.15, 0.2) is 89.4 Å². The van der Waals surface area contributed by atoms with E-state index in [0.717, 1.165) is 26.2 Å². The molecular formula is C29H23ClN8O2S. The van der Waals surface area contributed by atoms with Crippen LogP contribution in [0, 0.1) is 11.3 Å². The van der Waals surface area contributed by atoms with Crippen LogP contribution in [-0.4, -0.2) is 43.2 Å². The van der Waals surface area contributed by atoms with Crippen LogP contribution in [0.1, 0.15) is 5.56 Å². The van der Waals surface area contributed by atoms with Crippen molar-refractivity contribution in [1.29, 1.82) is 5.26 Å². The zero-order chi connectivity index (χ0) is 28.3. The van der Waals surface area contributed by atoms with E-state index in [4.69, 9.17) is 26.2 Å². The van der Waals surface area contributed by atoms with E-state index < -0.39 is 0 Å². The summed E-state index contributed by atoms with van der Waals surface area (Å²) in [6.07, 6.45) is 7.07. The average Bonchev–Trinajstić information content (AvgIpc) is 3.66. The molecule has 0 saturated carbocycles. The fourth-order valence-corrected chi connectivity index (χ4v) is 5.39. The Hall–Kier alpha value is -4.79. The number of fused-ring (bicyclic) bond motifs is 2. The molecule has 6 aromatic rings. The van der Waals surface area contributed by atoms with Gasteiger partial charge in [-0.05, 0) is 65.4 Å². The van der Waals surface area contributed by atoms with Crippen molar-refractivity contribution in [1.82, 2.24) is 29.5 Å². The summed E-state index contributed by atoms with van der Waals surface area (Å²) in [5.74, 6) is 1.57. The van der Waals surface area contributed by atoms with E-state index in [1.54, 1.807) is 48.2 Å². The number of halogens is 1. The number of benzene rings is 3. The third-order valence-electron chi connectivity index (χ3n) is 6.44. The second kappa shape index (κ2) is 11.4. The number of aromatic nitrogens is 6. The van der Waals surface area contributed by atoms with Crippen LogP contribution in [0.2, 0.25) is 0 Å². The molecule has 10 nitrogen and oxygen atoms in total. The molecule has 41 heavy (non-hydrogen) atoms. The number of rotatable bonds is 9. The van der Waals surface area contributed by atoms with Crippen LogP contribution in [0.4, 0.5) is 11.5 Å². The molecule has 0 atom stereocenters. The average molecular weight is 583 g/mol. The van der Waals surface area contributed by atoms with Gasteiger partial charge in [-0.2, -0.15) is 5.26 Å². The van der Waals surface area contributed by atoms with Crippen LogP contribution in [-0.2, 0) is 13.6 Å². The Balaban J connectivity index is 1.30. The number of methoxy groups -OCH3 is 1. The number of hydrogen-bond donors (Lipinski definition) is 0. The zero-order valence-electron chi connectivity index (χ0n) is 22.1. The topological polar surface area (TPSA) is 107 Å². The number of hydrogen-bond acceptors (Lipinski definition) is 9. The van der Waals surface area contributed by atoms with E-state index in [9.17, 15) is 5.26 Å². The minimum Gasteiger partial charge on any atom is -0.493 e. The summed E-state index contributed by atoms with van der Waals surface area (Å²) in [5, 5.41) is 21.2. The molecule has 0 aliphatic heterocycles. The SMILES string of the molecule is COc1cc2cc3cc(C#N)c(N(Cl)c4ccc(Sc5nccn5C)cc4)nc3cc2cc1OCCn1ccnn1. The van der Waals surface area contributed by atoms with Gasteiger partial charge in [0, 0.05) is 47.7 Å². The fourth-order valence-electron chi connectivity index (χ4n) is 4.35. The van der Waals surface area contributed by atoms with Gasteiger partial charge in [0.25, 0.3) is 0 Å². The van der Waals surface area contributed by atoms with Gasteiger partial charge < -0.3 is 14.0 Å². The smallest absolute Gasteiger partial charge is 0.172 e. The van der Waals surface area contributed by atoms with Gasteiger partial charge in [0.2, 0.25) is 0 Å². The number of aryl methyl sites for hydroxylation is 1. The number of imidazole rings is 1. The van der Waals surface area contributed by atoms with Crippen molar-refractivity contribution in [3.63, 3.8) is 0 Å². The second-order valence-electron chi connectivity index (χ2n) is 9.08. The third-order valence-corrected chi connectivity index (χ3v) is 7.88. The largest absolute Gasteiger partial charge is 0.493 e. The van der Waals surface area contributed by atoms with Crippen molar-refractivity contribution in [2.75, 3.05) is 18.1 Å². The molecule has 0 saturated heterocycles. The van der Waals surface area contributed by atoms with E-state index >= 15 is 0 Å². The van der Waals surface area contributed by atoms with Crippen molar-refractivity contribution in [3.8, 4) is 17.6 Å². The summed E-state index contributed by atoms with van der Waals surface area (Å²) in [5.41, 5.74) is 1.74. The maximum atomic E-state index is 9.94. The highest BCUT2D eigenvalue weighted by atomic mass is 35.5. The lowest BCUT2D eigenvalue weighted by Crippen LogP contribution is -2.09. The maximum absolute atomic E-state index is 9.94. The van der Waals surface area contributed by atoms with Crippen LogP contribution >= 0.6 is 23.5 Å². The molecule has 3 heterocycles. The lowest BCUT2D eigenvalue weighted by molar-refractivity contribution is 0.273. The van der Waals surface area contributed by atoms with Crippen molar-refractivity contribution in [2.45, 2.75) is 16.6 Å². The molecule has 0 radical (unpaired) electrons. The van der Waals surface area contributed by atoms with Crippen LogP contribution < -0.4 is 13.9 Å². The highest BCUT2D eigenvalue weighted by molar-refractivity contribution is 7.99. The van der Waals surface area contributed by atoms with Gasteiger partial charge in [0.05, 0.1) is 36.6 Å². The Morgan fingerprint density at radius 2 is 1.80 bits per heavy atom. The number of ether oxygens (including phenoxy) is 2. The molecule has 0 N–H and O–H groups in total.